The summed E-state index contributed by atoms with van der Waals surface area (Å²) in [5.41, 5.74) is 14.7. The monoisotopic (exact) mass is 875 g/mol. The highest BCUT2D eigenvalue weighted by Crippen LogP contribution is 2.52. The summed E-state index contributed by atoms with van der Waals surface area (Å²) in [6.07, 6.45) is 2.22. The van der Waals surface area contributed by atoms with Gasteiger partial charge in [0.1, 0.15) is 0 Å². The molecule has 3 heterocycles. The maximum atomic E-state index is 5.60. The summed E-state index contributed by atoms with van der Waals surface area (Å²) in [5.74, 6) is 1.83. The van der Waals surface area contributed by atoms with E-state index in [0.717, 1.165) is 62.9 Å². The number of fused-ring (bicyclic) bond motifs is 10. The van der Waals surface area contributed by atoms with Gasteiger partial charge in [-0.1, -0.05) is 173 Å². The zero-order valence-electron chi connectivity index (χ0n) is 38.7. The van der Waals surface area contributed by atoms with Gasteiger partial charge in [-0.05, 0) is 122 Å². The Hall–Kier alpha value is -8.15. The Kier molecular flexibility index (Phi) is 8.97. The molecule has 0 bridgehead atoms. The molecular weight excluding hydrogens is 827 g/mol. The Bertz CT molecular complexity index is 3880. The van der Waals surface area contributed by atoms with Gasteiger partial charge in [-0.2, -0.15) is 9.97 Å². The molecule has 326 valence electrons. The molecule has 0 N–H and O–H groups in total. The molecule has 0 saturated carbocycles. The molecule has 1 aliphatic rings. The van der Waals surface area contributed by atoms with Gasteiger partial charge in [-0.15, -0.1) is 0 Å². The van der Waals surface area contributed by atoms with Crippen molar-refractivity contribution in [3.63, 3.8) is 0 Å². The summed E-state index contributed by atoms with van der Waals surface area (Å²) in [4.78, 5) is 16.4. The van der Waals surface area contributed by atoms with Gasteiger partial charge in [0.15, 0.2) is 11.6 Å². The summed E-state index contributed by atoms with van der Waals surface area (Å²) < 4.78 is 4.80. The van der Waals surface area contributed by atoms with Crippen molar-refractivity contribution in [2.45, 2.75) is 51.4 Å². The molecule has 0 atom stereocenters. The number of aromatic nitrogens is 5. The second-order valence-corrected chi connectivity index (χ2v) is 19.9. The Morgan fingerprint density at radius 3 is 1.53 bits per heavy atom. The minimum Gasteiger partial charge on any atom is -0.309 e. The van der Waals surface area contributed by atoms with Crippen LogP contribution in [0.1, 0.15) is 51.7 Å². The van der Waals surface area contributed by atoms with Crippen molar-refractivity contribution in [3.05, 3.63) is 211 Å². The maximum absolute atomic E-state index is 5.60. The van der Waals surface area contributed by atoms with Crippen LogP contribution < -0.4 is 0 Å². The van der Waals surface area contributed by atoms with Crippen molar-refractivity contribution in [2.24, 2.45) is 0 Å². The van der Waals surface area contributed by atoms with Crippen LogP contribution in [0.3, 0.4) is 0 Å². The van der Waals surface area contributed by atoms with Crippen LogP contribution in [-0.2, 0) is 10.8 Å². The molecule has 0 fully saturated rings. The first-order valence-corrected chi connectivity index (χ1v) is 23.8. The van der Waals surface area contributed by atoms with Crippen molar-refractivity contribution in [3.8, 4) is 56.7 Å². The lowest BCUT2D eigenvalue weighted by molar-refractivity contribution is 0.334. The van der Waals surface area contributed by atoms with Crippen LogP contribution in [-0.4, -0.2) is 24.1 Å². The smallest absolute Gasteiger partial charge is 0.238 e. The van der Waals surface area contributed by atoms with E-state index in [4.69, 9.17) is 15.0 Å². The molecule has 9 aromatic carbocycles. The van der Waals surface area contributed by atoms with Gasteiger partial charge >= 0.3 is 0 Å². The number of rotatable bonds is 6. The third-order valence-corrected chi connectivity index (χ3v) is 14.8. The molecule has 0 radical (unpaired) electrons. The number of hydrogen-bond acceptors (Lipinski definition) is 3. The van der Waals surface area contributed by atoms with Crippen LogP contribution in [0.15, 0.2) is 200 Å². The SMILES string of the molecule is CC1(C)CCC(C)(C)c2c1ccc1c2c2cc3c(cc2n1-c1nc(-c2ccccc2)nc(-c2cc(-c4ccccc4)cc(-c4ccccc4)c2)n1)c1c2ccccc2ccc1n3-c1ccccc1. The largest absolute Gasteiger partial charge is 0.309 e. The quantitative estimate of drug-likeness (QED) is 0.167. The lowest BCUT2D eigenvalue weighted by Gasteiger charge is -2.42. The molecule has 13 rings (SSSR count). The molecule has 0 spiro atoms. The van der Waals surface area contributed by atoms with E-state index in [-0.39, 0.29) is 10.8 Å². The number of hydrogen-bond donors (Lipinski definition) is 0. The van der Waals surface area contributed by atoms with Gasteiger partial charge in [-0.3, -0.25) is 4.57 Å². The summed E-state index contributed by atoms with van der Waals surface area (Å²) in [5, 5.41) is 7.33. The predicted octanol–water partition coefficient (Wildman–Crippen LogP) is 16.2. The second-order valence-electron chi connectivity index (χ2n) is 19.9. The fraction of sp³-hybridized carbons (Fsp3) is 0.127. The van der Waals surface area contributed by atoms with Gasteiger partial charge in [0, 0.05) is 38.4 Å². The van der Waals surface area contributed by atoms with Crippen LogP contribution in [0, 0.1) is 0 Å². The fourth-order valence-corrected chi connectivity index (χ4v) is 11.3. The molecule has 12 aromatic rings. The average molecular weight is 876 g/mol. The summed E-state index contributed by atoms with van der Waals surface area (Å²) in [7, 11) is 0. The third kappa shape index (κ3) is 6.33. The van der Waals surface area contributed by atoms with E-state index in [2.05, 4.69) is 231 Å². The van der Waals surface area contributed by atoms with Gasteiger partial charge in [-0.25, -0.2) is 4.98 Å². The third-order valence-electron chi connectivity index (χ3n) is 14.8. The minimum absolute atomic E-state index is 0.0104. The summed E-state index contributed by atoms with van der Waals surface area (Å²) >= 11 is 0. The highest BCUT2D eigenvalue weighted by molar-refractivity contribution is 6.25. The Morgan fingerprint density at radius 2 is 0.868 bits per heavy atom. The summed E-state index contributed by atoms with van der Waals surface area (Å²) in [6, 6.07) is 72.1. The molecule has 0 saturated heterocycles. The van der Waals surface area contributed by atoms with E-state index < -0.39 is 0 Å². The highest BCUT2D eigenvalue weighted by Gasteiger charge is 2.39. The van der Waals surface area contributed by atoms with Crippen molar-refractivity contribution < 1.29 is 0 Å². The molecule has 0 aliphatic heterocycles. The van der Waals surface area contributed by atoms with E-state index in [0.29, 0.717) is 17.6 Å². The standard InChI is InChI=1S/C63H49N5/c1-62(2)33-34-63(3,4)58-51(62)30-32-53-57(58)50-39-54-49(56-48-28-18-17-23-42(48)29-31-52(56)67(54)47-26-15-8-16-27-47)38-55(50)68(53)61-65-59(43-24-13-7-14-25-43)64-60(66-61)46-36-44(40-19-9-5-10-20-40)35-45(37-46)41-21-11-6-12-22-41/h5-32,35-39H,33-34H2,1-4H3. The van der Waals surface area contributed by atoms with E-state index in [1.165, 1.54) is 54.5 Å². The van der Waals surface area contributed by atoms with Crippen LogP contribution >= 0.6 is 0 Å². The van der Waals surface area contributed by atoms with Gasteiger partial charge in [0.25, 0.3) is 0 Å². The van der Waals surface area contributed by atoms with Crippen LogP contribution in [0.4, 0.5) is 0 Å². The molecule has 3 aromatic heterocycles. The van der Waals surface area contributed by atoms with E-state index in [9.17, 15) is 0 Å². The van der Waals surface area contributed by atoms with Gasteiger partial charge < -0.3 is 4.57 Å². The zero-order valence-corrected chi connectivity index (χ0v) is 38.7. The van der Waals surface area contributed by atoms with Gasteiger partial charge in [0.05, 0.1) is 22.1 Å². The van der Waals surface area contributed by atoms with Crippen molar-refractivity contribution >= 4 is 54.4 Å². The number of nitrogens with zero attached hydrogens (tertiary/aromatic N) is 5. The average Bonchev–Trinajstić information content (AvgIpc) is 3.89. The Morgan fingerprint density at radius 1 is 0.368 bits per heavy atom. The highest BCUT2D eigenvalue weighted by atomic mass is 15.2. The van der Waals surface area contributed by atoms with Crippen molar-refractivity contribution in [1.82, 2.24) is 24.1 Å². The Balaban J connectivity index is 1.18. The number of benzene rings is 9. The molecule has 0 amide bonds. The lowest BCUT2D eigenvalue weighted by Crippen LogP contribution is -2.34. The van der Waals surface area contributed by atoms with Crippen LogP contribution in [0.5, 0.6) is 0 Å². The molecule has 68 heavy (non-hydrogen) atoms. The summed E-state index contributed by atoms with van der Waals surface area (Å²) in [6.45, 7) is 9.71. The van der Waals surface area contributed by atoms with E-state index >= 15 is 0 Å². The molecule has 0 unspecified atom stereocenters. The second kappa shape index (κ2) is 15.2. The zero-order chi connectivity index (χ0) is 45.7. The molecule has 5 nitrogen and oxygen atoms in total. The lowest BCUT2D eigenvalue weighted by atomic mass is 9.62. The number of para-hydroxylation sites is 1. The maximum Gasteiger partial charge on any atom is 0.238 e. The van der Waals surface area contributed by atoms with E-state index in [1.54, 1.807) is 0 Å². The first kappa shape index (κ1) is 40.2. The molecule has 1 aliphatic carbocycles. The first-order chi connectivity index (χ1) is 33.2. The fourth-order valence-electron chi connectivity index (χ4n) is 11.3. The van der Waals surface area contributed by atoms with Crippen LogP contribution in [0.2, 0.25) is 0 Å². The molecule has 5 heteroatoms. The minimum atomic E-state index is -0.0774. The van der Waals surface area contributed by atoms with Gasteiger partial charge in [0.2, 0.25) is 5.95 Å². The van der Waals surface area contributed by atoms with E-state index in [1.807, 2.05) is 6.07 Å². The Labute approximate surface area is 396 Å². The first-order valence-electron chi connectivity index (χ1n) is 23.8. The normalized spacial score (nSPS) is 14.3. The van der Waals surface area contributed by atoms with Crippen molar-refractivity contribution in [1.29, 1.82) is 0 Å². The predicted molar refractivity (Wildman–Crippen MR) is 283 cm³/mol. The topological polar surface area (TPSA) is 48.5 Å². The molecular formula is C63H49N5. The van der Waals surface area contributed by atoms with Crippen molar-refractivity contribution in [2.75, 3.05) is 0 Å². The van der Waals surface area contributed by atoms with Crippen LogP contribution in [0.25, 0.3) is 111 Å².